The van der Waals surface area contributed by atoms with Gasteiger partial charge in [0.15, 0.2) is 0 Å². The van der Waals surface area contributed by atoms with Gasteiger partial charge in [-0.25, -0.2) is 0 Å². The molecular formula is C50H32N2. The zero-order valence-electron chi connectivity index (χ0n) is 28.5. The molecule has 0 fully saturated rings. The van der Waals surface area contributed by atoms with Gasteiger partial charge in [-0.1, -0.05) is 140 Å². The number of hydrogen-bond donors (Lipinski definition) is 0. The van der Waals surface area contributed by atoms with Gasteiger partial charge in [0.05, 0.1) is 27.8 Å². The number of para-hydroxylation sites is 2. The summed E-state index contributed by atoms with van der Waals surface area (Å²) in [5.41, 5.74) is 18.0. The summed E-state index contributed by atoms with van der Waals surface area (Å²) >= 11 is 0. The third kappa shape index (κ3) is 3.63. The average molecular weight is 661 g/mol. The first kappa shape index (κ1) is 28.1. The molecule has 0 amide bonds. The lowest BCUT2D eigenvalue weighted by molar-refractivity contribution is 0.997. The van der Waals surface area contributed by atoms with E-state index < -0.39 is 0 Å². The molecule has 0 saturated heterocycles. The van der Waals surface area contributed by atoms with Gasteiger partial charge in [-0.3, -0.25) is 0 Å². The number of benzene rings is 8. The maximum absolute atomic E-state index is 2.59. The van der Waals surface area contributed by atoms with Crippen LogP contribution in [0, 0.1) is 0 Å². The molecule has 2 nitrogen and oxygen atoms in total. The molecular weight excluding hydrogens is 629 g/mol. The van der Waals surface area contributed by atoms with Crippen LogP contribution < -0.4 is 0 Å². The number of hydrogen-bond acceptors (Lipinski definition) is 0. The van der Waals surface area contributed by atoms with Crippen LogP contribution in [-0.2, 0) is 6.42 Å². The van der Waals surface area contributed by atoms with Gasteiger partial charge in [0.25, 0.3) is 0 Å². The van der Waals surface area contributed by atoms with Crippen molar-refractivity contribution in [2.75, 3.05) is 0 Å². The normalized spacial score (nSPS) is 13.2. The van der Waals surface area contributed by atoms with E-state index in [-0.39, 0.29) is 0 Å². The first-order chi connectivity index (χ1) is 25.8. The van der Waals surface area contributed by atoms with Crippen molar-refractivity contribution in [1.82, 2.24) is 9.13 Å². The van der Waals surface area contributed by atoms with E-state index in [1.165, 1.54) is 110 Å². The molecule has 52 heavy (non-hydrogen) atoms. The second-order valence-corrected chi connectivity index (χ2v) is 14.3. The standard InChI is InChI=1S/C50H32N2/c1-2-13-31(14-3-1)32-25-27-33(28-26-32)51-43-23-10-8-19-41(43)47-37-17-6-7-18-39(37)49-48(50(47)51)42-20-9-11-24-44(42)52(49)45-30-29-38-35-16-5-4-15-34(35)36-21-12-22-40(45)46(36)38/h1-5,7-16,18-30H,6,17H2. The van der Waals surface area contributed by atoms with E-state index in [4.69, 9.17) is 0 Å². The average Bonchev–Trinajstić information content (AvgIpc) is 3.86. The number of aryl methyl sites for hydroxylation is 1. The van der Waals surface area contributed by atoms with Crippen LogP contribution in [-0.4, -0.2) is 9.13 Å². The Hall–Kier alpha value is -6.64. The number of fused-ring (bicyclic) bond motifs is 13. The Kier molecular flexibility index (Phi) is 5.64. The summed E-state index contributed by atoms with van der Waals surface area (Å²) in [6, 6.07) is 58.4. The molecule has 2 aliphatic carbocycles. The largest absolute Gasteiger partial charge is 0.309 e. The van der Waals surface area contributed by atoms with Crippen molar-refractivity contribution >= 4 is 60.5 Å². The van der Waals surface area contributed by atoms with Crippen molar-refractivity contribution in [2.24, 2.45) is 0 Å². The van der Waals surface area contributed by atoms with E-state index in [2.05, 4.69) is 179 Å². The fourth-order valence-corrected chi connectivity index (χ4v) is 9.60. The van der Waals surface area contributed by atoms with Gasteiger partial charge < -0.3 is 9.13 Å². The number of aromatic nitrogens is 2. The van der Waals surface area contributed by atoms with E-state index >= 15 is 0 Å². The molecule has 0 N–H and O–H groups in total. The molecule has 2 heteroatoms. The van der Waals surface area contributed by atoms with Crippen molar-refractivity contribution in [2.45, 2.75) is 12.8 Å². The zero-order valence-corrected chi connectivity index (χ0v) is 28.5. The maximum atomic E-state index is 2.59. The quantitative estimate of drug-likeness (QED) is 0.178. The molecule has 242 valence electrons. The van der Waals surface area contributed by atoms with Crippen LogP contribution in [0.25, 0.3) is 105 Å². The van der Waals surface area contributed by atoms with Crippen LogP contribution in [0.1, 0.15) is 17.5 Å². The zero-order chi connectivity index (χ0) is 33.9. The highest BCUT2D eigenvalue weighted by Crippen LogP contribution is 2.51. The first-order valence-electron chi connectivity index (χ1n) is 18.3. The van der Waals surface area contributed by atoms with Gasteiger partial charge in [-0.2, -0.15) is 0 Å². The highest BCUT2D eigenvalue weighted by Gasteiger charge is 2.29. The Morgan fingerprint density at radius 3 is 1.81 bits per heavy atom. The van der Waals surface area contributed by atoms with Crippen molar-refractivity contribution in [1.29, 1.82) is 0 Å². The highest BCUT2D eigenvalue weighted by molar-refractivity contribution is 6.29. The predicted octanol–water partition coefficient (Wildman–Crippen LogP) is 13.3. The molecule has 0 spiro atoms. The van der Waals surface area contributed by atoms with Gasteiger partial charge in [-0.05, 0) is 87.5 Å². The smallest absolute Gasteiger partial charge is 0.0644 e. The van der Waals surface area contributed by atoms with Crippen molar-refractivity contribution in [3.63, 3.8) is 0 Å². The number of allylic oxidation sites excluding steroid dienone is 1. The monoisotopic (exact) mass is 660 g/mol. The SMILES string of the molecule is C1=Cc2c(c3c4ccccc4n(-c4ccc(-c5ccccc5)cc4)c3c3c4ccccc4n(-c4ccc5c6c(cccc46)-c4ccccc4-5)c23)CC1. The topological polar surface area (TPSA) is 9.86 Å². The second kappa shape index (κ2) is 10.4. The Balaban J connectivity index is 1.25. The Morgan fingerprint density at radius 1 is 0.404 bits per heavy atom. The molecule has 2 aliphatic rings. The maximum Gasteiger partial charge on any atom is 0.0644 e. The fraction of sp³-hybridized carbons (Fsp3) is 0.0400. The minimum Gasteiger partial charge on any atom is -0.309 e. The van der Waals surface area contributed by atoms with Crippen molar-refractivity contribution < 1.29 is 0 Å². The minimum atomic E-state index is 1.01. The number of nitrogens with zero attached hydrogens (tertiary/aromatic N) is 2. The van der Waals surface area contributed by atoms with Gasteiger partial charge in [-0.15, -0.1) is 0 Å². The highest BCUT2D eigenvalue weighted by atomic mass is 15.0. The molecule has 0 saturated carbocycles. The van der Waals surface area contributed by atoms with Crippen molar-refractivity contribution in [3.05, 3.63) is 175 Å². The predicted molar refractivity (Wildman–Crippen MR) is 220 cm³/mol. The lowest BCUT2D eigenvalue weighted by atomic mass is 9.90. The van der Waals surface area contributed by atoms with Gasteiger partial charge in [0.1, 0.15) is 0 Å². The van der Waals surface area contributed by atoms with Crippen molar-refractivity contribution in [3.8, 4) is 44.8 Å². The van der Waals surface area contributed by atoms with E-state index in [9.17, 15) is 0 Å². The lowest BCUT2D eigenvalue weighted by Gasteiger charge is -2.19. The summed E-state index contributed by atoms with van der Waals surface area (Å²) < 4.78 is 5.13. The molecule has 12 rings (SSSR count). The third-order valence-electron chi connectivity index (χ3n) is 11.7. The summed E-state index contributed by atoms with van der Waals surface area (Å²) in [4.78, 5) is 0. The van der Waals surface area contributed by atoms with Crippen LogP contribution in [0.15, 0.2) is 164 Å². The molecule has 0 atom stereocenters. The lowest BCUT2D eigenvalue weighted by Crippen LogP contribution is -2.03. The summed E-state index contributed by atoms with van der Waals surface area (Å²) in [5.74, 6) is 0. The first-order valence-corrected chi connectivity index (χ1v) is 18.3. The fourth-order valence-electron chi connectivity index (χ4n) is 9.60. The van der Waals surface area contributed by atoms with E-state index in [0.717, 1.165) is 12.8 Å². The molecule has 8 aromatic carbocycles. The summed E-state index contributed by atoms with van der Waals surface area (Å²) in [7, 11) is 0. The van der Waals surface area contributed by atoms with Crippen LogP contribution in [0.4, 0.5) is 0 Å². The molecule has 2 aromatic heterocycles. The number of rotatable bonds is 3. The molecule has 0 radical (unpaired) electrons. The molecule has 0 aliphatic heterocycles. The third-order valence-corrected chi connectivity index (χ3v) is 11.7. The van der Waals surface area contributed by atoms with E-state index in [0.29, 0.717) is 0 Å². The van der Waals surface area contributed by atoms with Crippen LogP contribution >= 0.6 is 0 Å². The molecule has 2 heterocycles. The Labute approximate surface area is 301 Å². The minimum absolute atomic E-state index is 1.01. The van der Waals surface area contributed by atoms with Gasteiger partial charge in [0, 0.05) is 38.2 Å². The van der Waals surface area contributed by atoms with E-state index in [1.54, 1.807) is 0 Å². The summed E-state index contributed by atoms with van der Waals surface area (Å²) in [6.45, 7) is 0. The Bertz CT molecular complexity index is 3120. The molecule has 0 bridgehead atoms. The Morgan fingerprint density at radius 2 is 1.02 bits per heavy atom. The van der Waals surface area contributed by atoms with Gasteiger partial charge in [0.2, 0.25) is 0 Å². The van der Waals surface area contributed by atoms with Crippen LogP contribution in [0.2, 0.25) is 0 Å². The van der Waals surface area contributed by atoms with Gasteiger partial charge >= 0.3 is 0 Å². The van der Waals surface area contributed by atoms with Crippen LogP contribution in [0.3, 0.4) is 0 Å². The second-order valence-electron chi connectivity index (χ2n) is 14.3. The molecule has 10 aromatic rings. The van der Waals surface area contributed by atoms with E-state index in [1.807, 2.05) is 0 Å². The van der Waals surface area contributed by atoms with Crippen LogP contribution in [0.5, 0.6) is 0 Å². The summed E-state index contributed by atoms with van der Waals surface area (Å²) in [5, 5.41) is 7.93. The summed E-state index contributed by atoms with van der Waals surface area (Å²) in [6.07, 6.45) is 6.84. The molecule has 0 unspecified atom stereocenters.